The van der Waals surface area contributed by atoms with Gasteiger partial charge < -0.3 is 36.2 Å². The number of benzene rings is 1. The van der Waals surface area contributed by atoms with Crippen molar-refractivity contribution in [1.29, 1.82) is 0 Å². The number of nitrogens with zero attached hydrogens (tertiary/aromatic N) is 4. The number of anilines is 1. The average Bonchev–Trinajstić information content (AvgIpc) is 3.39. The van der Waals surface area contributed by atoms with Crippen molar-refractivity contribution in [3.05, 3.63) is 48.1 Å². The summed E-state index contributed by atoms with van der Waals surface area (Å²) >= 11 is 0. The molecule has 0 bridgehead atoms. The second-order valence-electron chi connectivity index (χ2n) is 7.91. The molecule has 1 saturated heterocycles. The second kappa shape index (κ2) is 9.64. The van der Waals surface area contributed by atoms with Gasteiger partial charge in [0.15, 0.2) is 29.2 Å². The maximum absolute atomic E-state index is 12.7. The Hall–Kier alpha value is -4.28. The summed E-state index contributed by atoms with van der Waals surface area (Å²) in [5.41, 5.74) is 4.47. The number of amides is 1. The fourth-order valence-electron chi connectivity index (χ4n) is 3.67. The van der Waals surface area contributed by atoms with Gasteiger partial charge in [0.2, 0.25) is 0 Å². The van der Waals surface area contributed by atoms with E-state index in [9.17, 15) is 43.2 Å². The monoisotopic (exact) mass is 524 g/mol. The van der Waals surface area contributed by atoms with E-state index in [-0.39, 0.29) is 23.5 Å². The van der Waals surface area contributed by atoms with Crippen LogP contribution >= 0.6 is 0 Å². The van der Waals surface area contributed by atoms with Gasteiger partial charge in [-0.15, -0.1) is 0 Å². The lowest BCUT2D eigenvalue weighted by molar-refractivity contribution is -0.0885. The van der Waals surface area contributed by atoms with Crippen LogP contribution in [-0.2, 0) is 4.74 Å². The number of aromatic nitrogens is 4. The number of ether oxygens (including phenoxy) is 1. The lowest BCUT2D eigenvalue weighted by Crippen LogP contribution is -2.31. The van der Waals surface area contributed by atoms with Gasteiger partial charge in [-0.2, -0.15) is 13.2 Å². The van der Waals surface area contributed by atoms with Crippen LogP contribution in [0, 0.1) is 0 Å². The smallest absolute Gasteiger partial charge is 0.454 e. The molecule has 1 aromatic carbocycles. The summed E-state index contributed by atoms with van der Waals surface area (Å²) in [5.74, 6) is -5.40. The van der Waals surface area contributed by atoms with Crippen molar-refractivity contribution < 1.29 is 47.9 Å². The quantitative estimate of drug-likeness (QED) is 0.146. The molecule has 37 heavy (non-hydrogen) atoms. The number of rotatable bonds is 6. The molecule has 1 amide bonds. The zero-order valence-corrected chi connectivity index (χ0v) is 18.5. The maximum atomic E-state index is 12.7. The number of nitrogens with one attached hydrogen (secondary N) is 1. The number of hydrogen-bond donors (Lipinski definition) is 6. The maximum Gasteiger partial charge on any atom is 0.454 e. The predicted molar refractivity (Wildman–Crippen MR) is 117 cm³/mol. The van der Waals surface area contributed by atoms with Crippen LogP contribution in [0.4, 0.5) is 19.0 Å². The summed E-state index contributed by atoms with van der Waals surface area (Å²) in [6.07, 6.45) is -5.04. The Labute approximate surface area is 204 Å². The van der Waals surface area contributed by atoms with Gasteiger partial charge in [0.1, 0.15) is 30.2 Å². The fourth-order valence-corrected chi connectivity index (χ4v) is 3.67. The van der Waals surface area contributed by atoms with Gasteiger partial charge in [0.25, 0.3) is 11.7 Å². The molecule has 2 aromatic heterocycles. The van der Waals surface area contributed by atoms with Crippen molar-refractivity contribution >= 4 is 28.7 Å². The van der Waals surface area contributed by atoms with Crippen LogP contribution in [0.5, 0.6) is 11.5 Å². The molecule has 4 atom stereocenters. The van der Waals surface area contributed by atoms with Gasteiger partial charge >= 0.3 is 6.18 Å². The third-order valence-corrected chi connectivity index (χ3v) is 5.50. The second-order valence-corrected chi connectivity index (χ2v) is 7.91. The Morgan fingerprint density at radius 2 is 1.89 bits per heavy atom. The zero-order chi connectivity index (χ0) is 27.1. The van der Waals surface area contributed by atoms with Crippen LogP contribution in [0.15, 0.2) is 36.9 Å². The predicted octanol–water partition coefficient (Wildman–Crippen LogP) is 0.170. The number of alkyl halides is 3. The van der Waals surface area contributed by atoms with E-state index in [4.69, 9.17) is 10.5 Å². The van der Waals surface area contributed by atoms with E-state index >= 15 is 0 Å². The Balaban J connectivity index is 1.43. The number of imidazole rings is 1. The summed E-state index contributed by atoms with van der Waals surface area (Å²) in [6.45, 7) is -0.262. The molecule has 196 valence electrons. The number of aliphatic hydroxyl groups excluding tert-OH is 2. The number of carbonyl (C=O) groups is 2. The number of nitrogens with two attached hydrogens (primary N) is 1. The van der Waals surface area contributed by atoms with Crippen LogP contribution in [0.3, 0.4) is 0 Å². The molecule has 0 radical (unpaired) electrons. The van der Waals surface area contributed by atoms with Gasteiger partial charge in [-0.1, -0.05) is 12.2 Å². The number of ketones is 1. The highest BCUT2D eigenvalue weighted by Gasteiger charge is 2.43. The SMILES string of the molecule is Nc1ncnc2c1ncn2C1OC(/C=C/CNC(=O)c2cc(C(=O)C(F)(F)F)cc(O)c2O)C(O)C1O. The average molecular weight is 524 g/mol. The number of phenolic OH excluding ortho intramolecular Hbond substituents is 2. The Kier molecular flexibility index (Phi) is 6.72. The summed E-state index contributed by atoms with van der Waals surface area (Å²) in [7, 11) is 0. The van der Waals surface area contributed by atoms with Crippen molar-refractivity contribution in [2.75, 3.05) is 12.3 Å². The number of aromatic hydroxyl groups is 2. The Morgan fingerprint density at radius 3 is 2.59 bits per heavy atom. The number of Topliss-reactive ketones (excluding diaryl/α,β-unsaturated/α-hetero) is 1. The van der Waals surface area contributed by atoms with Crippen LogP contribution < -0.4 is 11.1 Å². The minimum absolute atomic E-state index is 0.108. The van der Waals surface area contributed by atoms with E-state index in [1.54, 1.807) is 0 Å². The first-order valence-corrected chi connectivity index (χ1v) is 10.5. The van der Waals surface area contributed by atoms with E-state index in [0.29, 0.717) is 12.1 Å². The molecule has 3 aromatic rings. The minimum Gasteiger partial charge on any atom is -0.504 e. The van der Waals surface area contributed by atoms with Crippen LogP contribution in [-0.4, -0.2) is 82.7 Å². The molecule has 4 rings (SSSR count). The number of nitrogen functional groups attached to an aromatic ring is 1. The Morgan fingerprint density at radius 1 is 1.16 bits per heavy atom. The highest BCUT2D eigenvalue weighted by Crippen LogP contribution is 2.34. The lowest BCUT2D eigenvalue weighted by atomic mass is 10.0. The third kappa shape index (κ3) is 4.89. The molecule has 1 aliphatic rings. The first-order valence-electron chi connectivity index (χ1n) is 10.5. The molecular weight excluding hydrogens is 505 g/mol. The topological polar surface area (TPSA) is 206 Å². The van der Waals surface area contributed by atoms with E-state index in [1.807, 2.05) is 0 Å². The standard InChI is InChI=1S/C21H19F3N6O7/c22-21(23,24)16(35)8-4-9(13(32)10(31)5-8)19(36)26-3-1-2-11-14(33)15(34)20(37-11)30-7-29-12-17(25)27-6-28-18(12)30/h1-2,4-7,11,14-15,20,31-34H,3H2,(H,26,36)(H2,25,27,28)/b2-1+. The molecule has 7 N–H and O–H groups in total. The van der Waals surface area contributed by atoms with E-state index in [1.165, 1.54) is 29.4 Å². The van der Waals surface area contributed by atoms with Crippen LogP contribution in [0.2, 0.25) is 0 Å². The largest absolute Gasteiger partial charge is 0.504 e. The van der Waals surface area contributed by atoms with Gasteiger partial charge in [0, 0.05) is 12.1 Å². The number of hydrogen-bond acceptors (Lipinski definition) is 11. The summed E-state index contributed by atoms with van der Waals surface area (Å²) in [4.78, 5) is 35.7. The number of carbonyl (C=O) groups excluding carboxylic acids is 2. The molecule has 0 spiro atoms. The van der Waals surface area contributed by atoms with Crippen molar-refractivity contribution in [1.82, 2.24) is 24.8 Å². The first kappa shape index (κ1) is 25.8. The van der Waals surface area contributed by atoms with Crippen molar-refractivity contribution in [3.8, 4) is 11.5 Å². The molecule has 13 nitrogen and oxygen atoms in total. The van der Waals surface area contributed by atoms with Gasteiger partial charge in [-0.05, 0) is 12.1 Å². The molecule has 16 heteroatoms. The summed E-state index contributed by atoms with van der Waals surface area (Å²) < 4.78 is 45.1. The van der Waals surface area contributed by atoms with Crippen molar-refractivity contribution in [2.45, 2.75) is 30.7 Å². The number of phenols is 2. The van der Waals surface area contributed by atoms with Crippen LogP contribution in [0.25, 0.3) is 11.2 Å². The minimum atomic E-state index is -5.26. The van der Waals surface area contributed by atoms with Crippen molar-refractivity contribution in [2.24, 2.45) is 0 Å². The van der Waals surface area contributed by atoms with Gasteiger partial charge in [-0.3, -0.25) is 14.2 Å². The lowest BCUT2D eigenvalue weighted by Gasteiger charge is -2.16. The number of halogens is 3. The highest BCUT2D eigenvalue weighted by atomic mass is 19.4. The van der Waals surface area contributed by atoms with Crippen molar-refractivity contribution in [3.63, 3.8) is 0 Å². The molecule has 4 unspecified atom stereocenters. The number of fused-ring (bicyclic) bond motifs is 1. The van der Waals surface area contributed by atoms with Gasteiger partial charge in [-0.25, -0.2) is 15.0 Å². The summed E-state index contributed by atoms with van der Waals surface area (Å²) in [6, 6.07) is 0.896. The first-order chi connectivity index (χ1) is 17.4. The molecule has 0 aliphatic carbocycles. The normalized spacial score (nSPS) is 22.1. The molecule has 0 saturated carbocycles. The molecule has 3 heterocycles. The Bertz CT molecular complexity index is 1390. The summed E-state index contributed by atoms with van der Waals surface area (Å²) in [5, 5.41) is 42.6. The third-order valence-electron chi connectivity index (χ3n) is 5.50. The zero-order valence-electron chi connectivity index (χ0n) is 18.5. The molecule has 1 fully saturated rings. The highest BCUT2D eigenvalue weighted by molar-refractivity contribution is 6.05. The van der Waals surface area contributed by atoms with E-state index in [0.717, 1.165) is 0 Å². The van der Waals surface area contributed by atoms with Gasteiger partial charge in [0.05, 0.1) is 11.9 Å². The number of aliphatic hydroxyl groups is 2. The van der Waals surface area contributed by atoms with E-state index in [2.05, 4.69) is 20.3 Å². The fraction of sp³-hybridized carbons (Fsp3) is 0.286. The van der Waals surface area contributed by atoms with E-state index < -0.39 is 65.0 Å². The van der Waals surface area contributed by atoms with Crippen LogP contribution in [0.1, 0.15) is 26.9 Å². The molecular formula is C21H19F3N6O7. The molecule has 1 aliphatic heterocycles.